The van der Waals surface area contributed by atoms with Gasteiger partial charge in [0.15, 0.2) is 0 Å². The zero-order chi connectivity index (χ0) is 12.4. The number of thiazole rings is 1. The number of hydrazine groups is 1. The molecule has 2 rings (SSSR count). The molecule has 0 saturated heterocycles. The van der Waals surface area contributed by atoms with Gasteiger partial charge >= 0.3 is 0 Å². The maximum Gasteiger partial charge on any atom is 0.128 e. The molecule has 1 atom stereocenters. The summed E-state index contributed by atoms with van der Waals surface area (Å²) in [5, 5.41) is 0.938. The number of aromatic nitrogens is 1. The summed E-state index contributed by atoms with van der Waals surface area (Å²) in [7, 11) is 0. The smallest absolute Gasteiger partial charge is 0.128 e. The van der Waals surface area contributed by atoms with Gasteiger partial charge in [0.1, 0.15) is 5.82 Å². The highest BCUT2D eigenvalue weighted by Gasteiger charge is 2.18. The fourth-order valence-electron chi connectivity index (χ4n) is 1.72. The van der Waals surface area contributed by atoms with E-state index in [1.807, 2.05) is 13.8 Å². The van der Waals surface area contributed by atoms with E-state index >= 15 is 0 Å². The van der Waals surface area contributed by atoms with E-state index in [-0.39, 0.29) is 11.9 Å². The van der Waals surface area contributed by atoms with Gasteiger partial charge in [0.25, 0.3) is 0 Å². The van der Waals surface area contributed by atoms with Gasteiger partial charge in [-0.05, 0) is 19.9 Å². The average molecular weight is 251 g/mol. The lowest BCUT2D eigenvalue weighted by atomic mass is 10.0. The first-order valence-corrected chi connectivity index (χ1v) is 6.08. The van der Waals surface area contributed by atoms with E-state index in [0.717, 1.165) is 15.4 Å². The minimum Gasteiger partial charge on any atom is -0.271 e. The number of halogens is 1. The molecule has 17 heavy (non-hydrogen) atoms. The molecular formula is C12H14FN3S. The molecule has 0 fully saturated rings. The fraction of sp³-hybridized carbons (Fsp3) is 0.250. The van der Waals surface area contributed by atoms with Gasteiger partial charge in [-0.15, -0.1) is 11.3 Å². The van der Waals surface area contributed by atoms with Crippen LogP contribution >= 0.6 is 11.3 Å². The lowest BCUT2D eigenvalue weighted by Crippen LogP contribution is -2.29. The molecule has 1 heterocycles. The maximum absolute atomic E-state index is 13.8. The minimum absolute atomic E-state index is 0.260. The molecule has 5 heteroatoms. The SMILES string of the molecule is Cc1ccc(F)c(C(NN)c2cnc(C)s2)c1. The Balaban J connectivity index is 2.45. The molecule has 0 aliphatic heterocycles. The summed E-state index contributed by atoms with van der Waals surface area (Å²) in [5.41, 5.74) is 4.20. The van der Waals surface area contributed by atoms with Gasteiger partial charge in [0.2, 0.25) is 0 Å². The number of rotatable bonds is 3. The minimum atomic E-state index is -0.346. The van der Waals surface area contributed by atoms with Gasteiger partial charge in [0, 0.05) is 16.6 Å². The van der Waals surface area contributed by atoms with Crippen molar-refractivity contribution < 1.29 is 4.39 Å². The Bertz CT molecular complexity index is 524. The van der Waals surface area contributed by atoms with Gasteiger partial charge < -0.3 is 0 Å². The molecule has 0 bridgehead atoms. The second kappa shape index (κ2) is 4.91. The third-order valence-electron chi connectivity index (χ3n) is 2.55. The van der Waals surface area contributed by atoms with Crippen LogP contribution in [0.1, 0.15) is 27.1 Å². The second-order valence-corrected chi connectivity index (χ2v) is 5.17. The zero-order valence-electron chi connectivity index (χ0n) is 9.70. The standard InChI is InChI=1S/C12H14FN3S/c1-7-3-4-10(13)9(5-7)12(16-14)11-6-15-8(2)17-11/h3-6,12,16H,14H2,1-2H3. The number of nitrogens with zero attached hydrogens (tertiary/aromatic N) is 1. The van der Waals surface area contributed by atoms with E-state index in [0.29, 0.717) is 5.56 Å². The van der Waals surface area contributed by atoms with Crippen LogP contribution in [0.15, 0.2) is 24.4 Å². The number of aryl methyl sites for hydroxylation is 2. The van der Waals surface area contributed by atoms with Crippen molar-refractivity contribution in [1.29, 1.82) is 0 Å². The first-order chi connectivity index (χ1) is 8.11. The summed E-state index contributed by atoms with van der Waals surface area (Å²) in [5.74, 6) is 5.27. The van der Waals surface area contributed by atoms with Crippen LogP contribution in [0.5, 0.6) is 0 Å². The molecule has 0 amide bonds. The van der Waals surface area contributed by atoms with Crippen molar-refractivity contribution in [3.8, 4) is 0 Å². The third kappa shape index (κ3) is 2.52. The molecule has 1 aromatic heterocycles. The molecule has 1 unspecified atom stereocenters. The van der Waals surface area contributed by atoms with Gasteiger partial charge in [-0.25, -0.2) is 14.8 Å². The summed E-state index contributed by atoms with van der Waals surface area (Å²) in [6.45, 7) is 3.84. The highest BCUT2D eigenvalue weighted by molar-refractivity contribution is 7.11. The predicted octanol–water partition coefficient (Wildman–Crippen LogP) is 2.45. The number of benzene rings is 1. The Morgan fingerprint density at radius 3 is 2.76 bits per heavy atom. The van der Waals surface area contributed by atoms with E-state index in [4.69, 9.17) is 5.84 Å². The molecule has 3 nitrogen and oxygen atoms in total. The fourth-order valence-corrected chi connectivity index (χ4v) is 2.59. The zero-order valence-corrected chi connectivity index (χ0v) is 10.5. The van der Waals surface area contributed by atoms with E-state index in [9.17, 15) is 4.39 Å². The topological polar surface area (TPSA) is 50.9 Å². The van der Waals surface area contributed by atoms with Crippen LogP contribution in [-0.4, -0.2) is 4.98 Å². The van der Waals surface area contributed by atoms with Crippen molar-refractivity contribution in [3.05, 3.63) is 51.2 Å². The molecule has 0 spiro atoms. The van der Waals surface area contributed by atoms with Crippen LogP contribution in [0.3, 0.4) is 0 Å². The van der Waals surface area contributed by atoms with Gasteiger partial charge in [-0.3, -0.25) is 5.84 Å². The van der Waals surface area contributed by atoms with Crippen molar-refractivity contribution >= 4 is 11.3 Å². The Kier molecular flexibility index (Phi) is 3.51. The highest BCUT2D eigenvalue weighted by atomic mass is 32.1. The largest absolute Gasteiger partial charge is 0.271 e. The Hall–Kier alpha value is -1.30. The molecule has 0 aliphatic rings. The molecule has 1 aromatic carbocycles. The monoisotopic (exact) mass is 251 g/mol. The van der Waals surface area contributed by atoms with Gasteiger partial charge in [0.05, 0.1) is 11.0 Å². The highest BCUT2D eigenvalue weighted by Crippen LogP contribution is 2.28. The van der Waals surface area contributed by atoms with E-state index in [2.05, 4.69) is 10.4 Å². The second-order valence-electron chi connectivity index (χ2n) is 3.91. The Labute approximate surface area is 103 Å². The molecular weight excluding hydrogens is 237 g/mol. The Morgan fingerprint density at radius 2 is 2.18 bits per heavy atom. The van der Waals surface area contributed by atoms with Gasteiger partial charge in [-0.1, -0.05) is 17.7 Å². The van der Waals surface area contributed by atoms with Crippen molar-refractivity contribution in [2.24, 2.45) is 5.84 Å². The predicted molar refractivity (Wildman–Crippen MR) is 67.2 cm³/mol. The normalized spacial score (nSPS) is 12.7. The van der Waals surface area contributed by atoms with Crippen molar-refractivity contribution in [2.45, 2.75) is 19.9 Å². The lowest BCUT2D eigenvalue weighted by Gasteiger charge is -2.15. The van der Waals surface area contributed by atoms with Crippen LogP contribution < -0.4 is 11.3 Å². The van der Waals surface area contributed by atoms with Crippen molar-refractivity contribution in [1.82, 2.24) is 10.4 Å². The average Bonchev–Trinajstić information content (AvgIpc) is 2.71. The third-order valence-corrected chi connectivity index (χ3v) is 3.53. The number of hydrogen-bond donors (Lipinski definition) is 2. The first kappa shape index (κ1) is 12.2. The quantitative estimate of drug-likeness (QED) is 0.651. The summed E-state index contributed by atoms with van der Waals surface area (Å²) >= 11 is 1.51. The maximum atomic E-state index is 13.8. The van der Waals surface area contributed by atoms with E-state index in [1.54, 1.807) is 18.3 Å². The van der Waals surface area contributed by atoms with E-state index in [1.165, 1.54) is 17.4 Å². The molecule has 2 aromatic rings. The Morgan fingerprint density at radius 1 is 1.41 bits per heavy atom. The number of hydrogen-bond acceptors (Lipinski definition) is 4. The number of nitrogens with two attached hydrogens (primary N) is 1. The van der Waals surface area contributed by atoms with Crippen molar-refractivity contribution in [2.75, 3.05) is 0 Å². The first-order valence-electron chi connectivity index (χ1n) is 5.26. The number of nitrogens with one attached hydrogen (secondary N) is 1. The van der Waals surface area contributed by atoms with Crippen molar-refractivity contribution in [3.63, 3.8) is 0 Å². The molecule has 3 N–H and O–H groups in total. The summed E-state index contributed by atoms with van der Waals surface area (Å²) in [6, 6.07) is 4.66. The molecule has 90 valence electrons. The molecule has 0 radical (unpaired) electrons. The summed E-state index contributed by atoms with van der Waals surface area (Å²) in [6.07, 6.45) is 1.73. The summed E-state index contributed by atoms with van der Waals surface area (Å²) < 4.78 is 13.8. The van der Waals surface area contributed by atoms with Crippen LogP contribution in [0.2, 0.25) is 0 Å². The van der Waals surface area contributed by atoms with Crippen LogP contribution in [-0.2, 0) is 0 Å². The van der Waals surface area contributed by atoms with Crippen LogP contribution in [0.4, 0.5) is 4.39 Å². The van der Waals surface area contributed by atoms with Crippen LogP contribution in [0.25, 0.3) is 0 Å². The lowest BCUT2D eigenvalue weighted by molar-refractivity contribution is 0.563. The molecule has 0 aliphatic carbocycles. The molecule has 0 saturated carbocycles. The van der Waals surface area contributed by atoms with E-state index < -0.39 is 0 Å². The summed E-state index contributed by atoms with van der Waals surface area (Å²) in [4.78, 5) is 5.08. The van der Waals surface area contributed by atoms with Gasteiger partial charge in [-0.2, -0.15) is 0 Å². The van der Waals surface area contributed by atoms with Crippen LogP contribution in [0, 0.1) is 19.7 Å².